The van der Waals surface area contributed by atoms with Gasteiger partial charge in [-0.3, -0.25) is 14.6 Å². The molecule has 1 N–H and O–H groups in total. The summed E-state index contributed by atoms with van der Waals surface area (Å²) in [6.45, 7) is 0.265. The van der Waals surface area contributed by atoms with Crippen molar-refractivity contribution in [3.05, 3.63) is 70.4 Å². The van der Waals surface area contributed by atoms with E-state index in [0.717, 1.165) is 31.1 Å². The van der Waals surface area contributed by atoms with E-state index in [4.69, 9.17) is 0 Å². The van der Waals surface area contributed by atoms with Crippen LogP contribution >= 0.6 is 0 Å². The van der Waals surface area contributed by atoms with Crippen LogP contribution in [-0.4, -0.2) is 20.7 Å². The number of carbonyl (C=O) groups is 1. The van der Waals surface area contributed by atoms with Crippen LogP contribution in [0.2, 0.25) is 0 Å². The summed E-state index contributed by atoms with van der Waals surface area (Å²) in [4.78, 5) is 29.1. The zero-order valence-corrected chi connectivity index (χ0v) is 14.4. The normalized spacial score (nSPS) is 14.6. The van der Waals surface area contributed by atoms with Gasteiger partial charge >= 0.3 is 0 Å². The Kier molecular flexibility index (Phi) is 4.48. The monoisotopic (exact) mass is 348 g/mol. The first kappa shape index (κ1) is 16.4. The van der Waals surface area contributed by atoms with Gasteiger partial charge in [-0.25, -0.2) is 4.68 Å². The average molecular weight is 348 g/mol. The van der Waals surface area contributed by atoms with E-state index in [0.29, 0.717) is 16.6 Å². The van der Waals surface area contributed by atoms with Crippen LogP contribution in [0.25, 0.3) is 10.8 Å². The van der Waals surface area contributed by atoms with Gasteiger partial charge in [-0.1, -0.05) is 31.0 Å². The zero-order chi connectivity index (χ0) is 17.9. The Morgan fingerprint density at radius 1 is 1.12 bits per heavy atom. The van der Waals surface area contributed by atoms with Gasteiger partial charge < -0.3 is 5.32 Å². The standard InChI is InChI=1S/C20H20N4O2/c25-19(14-6-5-11-21-12-14)22-13-18-16-9-3-4-10-17(16)20(26)24(23-18)15-7-1-2-8-15/h3-6,9-12,15H,1-2,7-8,13H2,(H,22,25). The number of amides is 1. The van der Waals surface area contributed by atoms with Crippen LogP contribution in [0.4, 0.5) is 0 Å². The molecular weight excluding hydrogens is 328 g/mol. The second kappa shape index (κ2) is 7.07. The quantitative estimate of drug-likeness (QED) is 0.786. The van der Waals surface area contributed by atoms with Crippen LogP contribution in [0.5, 0.6) is 0 Å². The lowest BCUT2D eigenvalue weighted by atomic mass is 10.1. The van der Waals surface area contributed by atoms with Crippen molar-refractivity contribution >= 4 is 16.7 Å². The van der Waals surface area contributed by atoms with Crippen molar-refractivity contribution in [1.29, 1.82) is 0 Å². The molecule has 0 radical (unpaired) electrons. The number of hydrogen-bond acceptors (Lipinski definition) is 4. The van der Waals surface area contributed by atoms with Crippen molar-refractivity contribution < 1.29 is 4.79 Å². The van der Waals surface area contributed by atoms with Gasteiger partial charge in [0.25, 0.3) is 11.5 Å². The Bertz CT molecular complexity index is 992. The van der Waals surface area contributed by atoms with Crippen LogP contribution < -0.4 is 10.9 Å². The van der Waals surface area contributed by atoms with E-state index in [2.05, 4.69) is 15.4 Å². The summed E-state index contributed by atoms with van der Waals surface area (Å²) in [7, 11) is 0. The van der Waals surface area contributed by atoms with Crippen molar-refractivity contribution in [3.63, 3.8) is 0 Å². The third-order valence-electron chi connectivity index (χ3n) is 4.92. The van der Waals surface area contributed by atoms with Gasteiger partial charge in [-0.2, -0.15) is 5.10 Å². The number of benzene rings is 1. The fourth-order valence-electron chi connectivity index (χ4n) is 3.56. The molecule has 0 atom stereocenters. The van der Waals surface area contributed by atoms with Crippen LogP contribution in [0.15, 0.2) is 53.6 Å². The number of aromatic nitrogens is 3. The summed E-state index contributed by atoms with van der Waals surface area (Å²) in [6, 6.07) is 11.1. The molecule has 26 heavy (non-hydrogen) atoms. The lowest BCUT2D eigenvalue weighted by molar-refractivity contribution is 0.0950. The average Bonchev–Trinajstić information content (AvgIpc) is 3.22. The molecule has 2 aromatic heterocycles. The molecule has 6 heteroatoms. The predicted octanol–water partition coefficient (Wildman–Crippen LogP) is 2.84. The Balaban J connectivity index is 1.68. The highest BCUT2D eigenvalue weighted by Crippen LogP contribution is 2.28. The number of hydrogen-bond donors (Lipinski definition) is 1. The van der Waals surface area contributed by atoms with E-state index in [1.54, 1.807) is 23.0 Å². The maximum atomic E-state index is 12.8. The topological polar surface area (TPSA) is 76.9 Å². The second-order valence-corrected chi connectivity index (χ2v) is 6.60. The molecule has 1 amide bonds. The molecule has 1 aliphatic rings. The summed E-state index contributed by atoms with van der Waals surface area (Å²) in [5.74, 6) is -0.206. The lowest BCUT2D eigenvalue weighted by Crippen LogP contribution is -2.30. The smallest absolute Gasteiger partial charge is 0.274 e. The van der Waals surface area contributed by atoms with Gasteiger partial charge in [-0.15, -0.1) is 0 Å². The van der Waals surface area contributed by atoms with E-state index >= 15 is 0 Å². The number of rotatable bonds is 4. The van der Waals surface area contributed by atoms with Crippen molar-refractivity contribution in [2.75, 3.05) is 0 Å². The fourth-order valence-corrected chi connectivity index (χ4v) is 3.56. The molecule has 6 nitrogen and oxygen atoms in total. The zero-order valence-electron chi connectivity index (χ0n) is 14.4. The largest absolute Gasteiger partial charge is 0.346 e. The SMILES string of the molecule is O=C(NCc1nn(C2CCCC2)c(=O)c2ccccc12)c1cccnc1. The van der Waals surface area contributed by atoms with Gasteiger partial charge in [0.15, 0.2) is 0 Å². The molecule has 0 spiro atoms. The van der Waals surface area contributed by atoms with Gasteiger partial charge in [-0.05, 0) is 31.0 Å². The highest BCUT2D eigenvalue weighted by atomic mass is 16.1. The molecule has 4 rings (SSSR count). The van der Waals surface area contributed by atoms with Crippen molar-refractivity contribution in [2.45, 2.75) is 38.3 Å². The number of nitrogens with one attached hydrogen (secondary N) is 1. The van der Waals surface area contributed by atoms with Crippen molar-refractivity contribution in [1.82, 2.24) is 20.1 Å². The van der Waals surface area contributed by atoms with E-state index in [-0.39, 0.29) is 24.1 Å². The highest BCUT2D eigenvalue weighted by Gasteiger charge is 2.21. The first-order chi connectivity index (χ1) is 12.7. The molecule has 1 aromatic carbocycles. The molecule has 0 bridgehead atoms. The summed E-state index contributed by atoms with van der Waals surface area (Å²) < 4.78 is 1.63. The Labute approximate surface area is 150 Å². The molecular formula is C20H20N4O2. The van der Waals surface area contributed by atoms with Crippen LogP contribution in [-0.2, 0) is 6.54 Å². The fraction of sp³-hybridized carbons (Fsp3) is 0.300. The van der Waals surface area contributed by atoms with E-state index in [9.17, 15) is 9.59 Å². The minimum absolute atomic E-state index is 0.0464. The maximum absolute atomic E-state index is 12.8. The van der Waals surface area contributed by atoms with Crippen molar-refractivity contribution in [2.24, 2.45) is 0 Å². The molecule has 3 aromatic rings. The van der Waals surface area contributed by atoms with E-state index in [1.165, 1.54) is 6.20 Å². The molecule has 132 valence electrons. The van der Waals surface area contributed by atoms with Gasteiger partial charge in [0.05, 0.1) is 29.2 Å². The van der Waals surface area contributed by atoms with Gasteiger partial charge in [0, 0.05) is 17.8 Å². The summed E-state index contributed by atoms with van der Waals surface area (Å²) in [5.41, 5.74) is 1.17. The number of carbonyl (C=O) groups excluding carboxylic acids is 1. The van der Waals surface area contributed by atoms with Crippen LogP contribution in [0.1, 0.15) is 47.8 Å². The van der Waals surface area contributed by atoms with E-state index < -0.39 is 0 Å². The van der Waals surface area contributed by atoms with Crippen LogP contribution in [0, 0.1) is 0 Å². The number of nitrogens with zero attached hydrogens (tertiary/aromatic N) is 3. The summed E-state index contributed by atoms with van der Waals surface area (Å²) in [6.07, 6.45) is 7.36. The first-order valence-corrected chi connectivity index (χ1v) is 8.93. The Morgan fingerprint density at radius 3 is 2.62 bits per heavy atom. The molecule has 1 saturated carbocycles. The minimum Gasteiger partial charge on any atom is -0.346 e. The lowest BCUT2D eigenvalue weighted by Gasteiger charge is -2.16. The minimum atomic E-state index is -0.206. The number of fused-ring (bicyclic) bond motifs is 1. The third kappa shape index (κ3) is 3.10. The first-order valence-electron chi connectivity index (χ1n) is 8.93. The Morgan fingerprint density at radius 2 is 1.88 bits per heavy atom. The third-order valence-corrected chi connectivity index (χ3v) is 4.92. The van der Waals surface area contributed by atoms with E-state index in [1.807, 2.05) is 24.3 Å². The second-order valence-electron chi connectivity index (χ2n) is 6.60. The number of pyridine rings is 1. The van der Waals surface area contributed by atoms with Gasteiger partial charge in [0.1, 0.15) is 0 Å². The summed E-state index contributed by atoms with van der Waals surface area (Å²) >= 11 is 0. The highest BCUT2D eigenvalue weighted by molar-refractivity contribution is 5.94. The van der Waals surface area contributed by atoms with Gasteiger partial charge in [0.2, 0.25) is 0 Å². The van der Waals surface area contributed by atoms with Crippen molar-refractivity contribution in [3.8, 4) is 0 Å². The predicted molar refractivity (Wildman–Crippen MR) is 98.9 cm³/mol. The van der Waals surface area contributed by atoms with Crippen LogP contribution in [0.3, 0.4) is 0 Å². The maximum Gasteiger partial charge on any atom is 0.274 e. The molecule has 1 fully saturated rings. The molecule has 2 heterocycles. The molecule has 1 aliphatic carbocycles. The molecule has 0 unspecified atom stereocenters. The molecule has 0 aliphatic heterocycles. The summed E-state index contributed by atoms with van der Waals surface area (Å²) in [5, 5.41) is 8.95. The molecule has 0 saturated heterocycles. The Hall–Kier alpha value is -3.02.